The number of piperidine rings is 1. The van der Waals surface area contributed by atoms with Crippen molar-refractivity contribution in [3.8, 4) is 0 Å². The van der Waals surface area contributed by atoms with Crippen molar-refractivity contribution >= 4 is 17.6 Å². The second-order valence-corrected chi connectivity index (χ2v) is 7.33. The van der Waals surface area contributed by atoms with Gasteiger partial charge in [-0.25, -0.2) is 4.79 Å². The van der Waals surface area contributed by atoms with Crippen LogP contribution >= 0.6 is 0 Å². The highest BCUT2D eigenvalue weighted by atomic mass is 16.6. The summed E-state index contributed by atoms with van der Waals surface area (Å²) in [5.41, 5.74) is 2.01. The third-order valence-electron chi connectivity index (χ3n) is 5.30. The number of nitrogens with zero attached hydrogens (tertiary/aromatic N) is 1. The summed E-state index contributed by atoms with van der Waals surface area (Å²) in [7, 11) is 0. The van der Waals surface area contributed by atoms with E-state index in [0.29, 0.717) is 30.0 Å². The number of carbonyl (C=O) groups is 2. The number of likely N-dealkylation sites (tertiary alicyclic amines) is 1. The number of aryl methyl sites for hydroxylation is 1. The van der Waals surface area contributed by atoms with Gasteiger partial charge in [0.05, 0.1) is 5.57 Å². The van der Waals surface area contributed by atoms with Gasteiger partial charge in [-0.2, -0.15) is 0 Å². The van der Waals surface area contributed by atoms with Crippen LogP contribution in [-0.2, 0) is 14.3 Å². The van der Waals surface area contributed by atoms with Crippen LogP contribution in [0.15, 0.2) is 35.4 Å². The van der Waals surface area contributed by atoms with E-state index in [1.807, 2.05) is 31.2 Å². The lowest BCUT2D eigenvalue weighted by molar-refractivity contribution is -0.151. The molecule has 0 aromatic heterocycles. The highest BCUT2D eigenvalue weighted by Crippen LogP contribution is 2.41. The lowest BCUT2D eigenvalue weighted by atomic mass is 9.82. The Morgan fingerprint density at radius 3 is 2.32 bits per heavy atom. The van der Waals surface area contributed by atoms with Gasteiger partial charge in [-0.15, -0.1) is 0 Å². The lowest BCUT2D eigenvalue weighted by Gasteiger charge is -2.40. The zero-order valence-electron chi connectivity index (χ0n) is 15.4. The molecular weight excluding hydrogens is 316 g/mol. The number of amides is 1. The van der Waals surface area contributed by atoms with Crippen LogP contribution in [0.25, 0.3) is 0 Å². The van der Waals surface area contributed by atoms with Crippen LogP contribution in [0.1, 0.15) is 39.2 Å². The van der Waals surface area contributed by atoms with Crippen LogP contribution in [0.2, 0.25) is 0 Å². The zero-order valence-corrected chi connectivity index (χ0v) is 15.4. The van der Waals surface area contributed by atoms with Gasteiger partial charge in [0.1, 0.15) is 5.60 Å². The molecule has 1 aromatic carbocycles. The van der Waals surface area contributed by atoms with Crippen molar-refractivity contribution in [3.63, 3.8) is 0 Å². The smallest absolute Gasteiger partial charge is 0.335 e. The van der Waals surface area contributed by atoms with Crippen LogP contribution in [0.5, 0.6) is 0 Å². The van der Waals surface area contributed by atoms with Crippen molar-refractivity contribution < 1.29 is 14.3 Å². The Morgan fingerprint density at radius 2 is 1.76 bits per heavy atom. The summed E-state index contributed by atoms with van der Waals surface area (Å²) in [6, 6.07) is 8.09. The molecule has 3 rings (SSSR count). The molecule has 0 radical (unpaired) electrons. The monoisotopic (exact) mass is 342 g/mol. The number of esters is 1. The first-order valence-corrected chi connectivity index (χ1v) is 8.89. The van der Waals surface area contributed by atoms with E-state index >= 15 is 0 Å². The Balaban J connectivity index is 1.83. The molecule has 2 aliphatic heterocycles. The number of rotatable bonds is 3. The highest BCUT2D eigenvalue weighted by molar-refractivity contribution is 6.12. The SMILES string of the molecule is CC1=C(C(=O)Nc2ccc(C)cc2)C2(CCN(C(C)C)CC2)OC1=O. The number of anilines is 1. The molecule has 2 aliphatic rings. The molecule has 2 heterocycles. The normalized spacial score (nSPS) is 20.3. The van der Waals surface area contributed by atoms with Crippen LogP contribution in [0.3, 0.4) is 0 Å². The molecule has 1 amide bonds. The van der Waals surface area contributed by atoms with E-state index in [-0.39, 0.29) is 11.9 Å². The maximum atomic E-state index is 12.9. The molecule has 0 aliphatic carbocycles. The predicted octanol–water partition coefficient (Wildman–Crippen LogP) is 3.05. The van der Waals surface area contributed by atoms with Crippen molar-refractivity contribution in [1.82, 2.24) is 4.90 Å². The standard InChI is InChI=1S/C20H26N2O3/c1-13(2)22-11-9-20(10-12-22)17(15(4)19(24)25-20)18(23)21-16-7-5-14(3)6-8-16/h5-8,13H,9-12H2,1-4H3,(H,21,23). The maximum absolute atomic E-state index is 12.9. The molecule has 0 saturated carbocycles. The van der Waals surface area contributed by atoms with Crippen molar-refractivity contribution in [1.29, 1.82) is 0 Å². The summed E-state index contributed by atoms with van der Waals surface area (Å²) in [6.07, 6.45) is 1.32. The van der Waals surface area contributed by atoms with E-state index in [2.05, 4.69) is 24.1 Å². The molecule has 5 nitrogen and oxygen atoms in total. The number of ether oxygens (including phenoxy) is 1. The first-order chi connectivity index (χ1) is 11.8. The van der Waals surface area contributed by atoms with Gasteiger partial charge in [0.25, 0.3) is 5.91 Å². The van der Waals surface area contributed by atoms with Crippen LogP contribution < -0.4 is 5.32 Å². The van der Waals surface area contributed by atoms with Gasteiger partial charge in [-0.1, -0.05) is 17.7 Å². The first-order valence-electron chi connectivity index (χ1n) is 8.89. The van der Waals surface area contributed by atoms with Gasteiger partial charge in [0.15, 0.2) is 0 Å². The Bertz CT molecular complexity index is 711. The van der Waals surface area contributed by atoms with Gasteiger partial charge < -0.3 is 15.0 Å². The van der Waals surface area contributed by atoms with E-state index in [1.54, 1.807) is 6.92 Å². The topological polar surface area (TPSA) is 58.6 Å². The summed E-state index contributed by atoms with van der Waals surface area (Å²) in [5.74, 6) is -0.600. The zero-order chi connectivity index (χ0) is 18.2. The van der Waals surface area contributed by atoms with E-state index < -0.39 is 5.60 Å². The molecule has 1 aromatic rings. The van der Waals surface area contributed by atoms with Crippen molar-refractivity contribution in [3.05, 3.63) is 41.0 Å². The Kier molecular flexibility index (Phi) is 4.69. The molecule has 1 spiro atoms. The first kappa shape index (κ1) is 17.7. The Labute approximate surface area is 149 Å². The van der Waals surface area contributed by atoms with Crippen LogP contribution in [-0.4, -0.2) is 41.5 Å². The molecule has 0 bridgehead atoms. The largest absolute Gasteiger partial charge is 0.450 e. The lowest BCUT2D eigenvalue weighted by Crippen LogP contribution is -2.49. The summed E-state index contributed by atoms with van der Waals surface area (Å²) in [5, 5.41) is 2.92. The van der Waals surface area contributed by atoms with Crippen molar-refractivity contribution in [2.75, 3.05) is 18.4 Å². The maximum Gasteiger partial charge on any atom is 0.335 e. The number of benzene rings is 1. The molecule has 0 unspecified atom stereocenters. The van der Waals surface area contributed by atoms with Gasteiger partial charge in [-0.3, -0.25) is 4.79 Å². The number of hydrogen-bond donors (Lipinski definition) is 1. The van der Waals surface area contributed by atoms with Gasteiger partial charge in [0.2, 0.25) is 0 Å². The average molecular weight is 342 g/mol. The molecular formula is C20H26N2O3. The highest BCUT2D eigenvalue weighted by Gasteiger charge is 2.50. The second kappa shape index (κ2) is 6.64. The third kappa shape index (κ3) is 3.33. The average Bonchev–Trinajstić information content (AvgIpc) is 2.80. The molecule has 1 fully saturated rings. The fourth-order valence-electron chi connectivity index (χ4n) is 3.71. The van der Waals surface area contributed by atoms with Gasteiger partial charge in [-0.05, 0) is 39.8 Å². The molecule has 1 saturated heterocycles. The third-order valence-corrected chi connectivity index (χ3v) is 5.30. The summed E-state index contributed by atoms with van der Waals surface area (Å²) in [6.45, 7) is 9.64. The summed E-state index contributed by atoms with van der Waals surface area (Å²) in [4.78, 5) is 27.5. The fraction of sp³-hybridized carbons (Fsp3) is 0.500. The minimum absolute atomic E-state index is 0.231. The van der Waals surface area contributed by atoms with Crippen molar-refractivity contribution in [2.24, 2.45) is 0 Å². The molecule has 5 heteroatoms. The fourth-order valence-corrected chi connectivity index (χ4v) is 3.71. The predicted molar refractivity (Wildman–Crippen MR) is 97.3 cm³/mol. The van der Waals surface area contributed by atoms with E-state index in [0.717, 1.165) is 24.3 Å². The second-order valence-electron chi connectivity index (χ2n) is 7.33. The van der Waals surface area contributed by atoms with E-state index in [9.17, 15) is 9.59 Å². The van der Waals surface area contributed by atoms with Crippen LogP contribution in [0.4, 0.5) is 5.69 Å². The Morgan fingerprint density at radius 1 is 1.16 bits per heavy atom. The molecule has 0 atom stereocenters. The van der Waals surface area contributed by atoms with Gasteiger partial charge >= 0.3 is 5.97 Å². The van der Waals surface area contributed by atoms with Gasteiger partial charge in [0, 0.05) is 43.2 Å². The Hall–Kier alpha value is -2.14. The number of hydrogen-bond acceptors (Lipinski definition) is 4. The molecule has 1 N–H and O–H groups in total. The minimum Gasteiger partial charge on any atom is -0.450 e. The summed E-state index contributed by atoms with van der Waals surface area (Å²) < 4.78 is 5.72. The summed E-state index contributed by atoms with van der Waals surface area (Å²) >= 11 is 0. The molecule has 134 valence electrons. The number of nitrogens with one attached hydrogen (secondary N) is 1. The van der Waals surface area contributed by atoms with E-state index in [4.69, 9.17) is 4.74 Å². The van der Waals surface area contributed by atoms with Crippen molar-refractivity contribution in [2.45, 2.75) is 52.2 Å². The van der Waals surface area contributed by atoms with E-state index in [1.165, 1.54) is 0 Å². The quantitative estimate of drug-likeness (QED) is 0.858. The number of carbonyl (C=O) groups excluding carboxylic acids is 2. The van der Waals surface area contributed by atoms with Crippen LogP contribution in [0, 0.1) is 6.92 Å². The minimum atomic E-state index is -0.776. The molecule has 25 heavy (non-hydrogen) atoms.